The molecular weight excluding hydrogens is 240 g/mol. The van der Waals surface area contributed by atoms with Crippen LogP contribution in [0.5, 0.6) is 0 Å². The van der Waals surface area contributed by atoms with E-state index >= 15 is 0 Å². The van der Waals surface area contributed by atoms with Crippen LogP contribution in [0.4, 0.5) is 0 Å². The molecule has 1 heterocycles. The Balaban J connectivity index is 1.74. The van der Waals surface area contributed by atoms with E-state index in [1.807, 2.05) is 19.2 Å². The number of rotatable bonds is 3. The van der Waals surface area contributed by atoms with Gasteiger partial charge in [0.15, 0.2) is 0 Å². The van der Waals surface area contributed by atoms with Gasteiger partial charge in [-0.3, -0.25) is 4.79 Å². The molecule has 1 unspecified atom stereocenters. The highest BCUT2D eigenvalue weighted by atomic mass is 16.5. The van der Waals surface area contributed by atoms with Gasteiger partial charge in [-0.15, -0.1) is 0 Å². The minimum atomic E-state index is -0.00639. The molecule has 0 bridgehead atoms. The van der Waals surface area contributed by atoms with E-state index in [2.05, 4.69) is 17.3 Å². The van der Waals surface area contributed by atoms with Crippen molar-refractivity contribution in [2.24, 2.45) is 0 Å². The summed E-state index contributed by atoms with van der Waals surface area (Å²) in [5.41, 5.74) is 3.26. The zero-order valence-corrected chi connectivity index (χ0v) is 10.9. The molecule has 0 spiro atoms. The van der Waals surface area contributed by atoms with Crippen LogP contribution in [0.2, 0.25) is 0 Å². The lowest BCUT2D eigenvalue weighted by Gasteiger charge is -2.20. The topological polar surface area (TPSA) is 46.3 Å². The Morgan fingerprint density at radius 3 is 3.05 bits per heavy atom. The third kappa shape index (κ3) is 2.26. The lowest BCUT2D eigenvalue weighted by atomic mass is 10.00. The fourth-order valence-corrected chi connectivity index (χ4v) is 2.72. The molecule has 4 heteroatoms. The zero-order chi connectivity index (χ0) is 13.2. The first kappa shape index (κ1) is 12.0. The van der Waals surface area contributed by atoms with Crippen LogP contribution in [-0.4, -0.2) is 23.0 Å². The first-order chi connectivity index (χ1) is 9.25. The minimum Gasteiger partial charge on any atom is -0.364 e. The molecule has 98 valence electrons. The van der Waals surface area contributed by atoms with Crippen molar-refractivity contribution >= 4 is 5.91 Å². The number of hydrogen-bond donors (Lipinski definition) is 0. The maximum atomic E-state index is 12.5. The average Bonchev–Trinajstić information content (AvgIpc) is 3.06. The van der Waals surface area contributed by atoms with Gasteiger partial charge in [-0.05, 0) is 24.0 Å². The van der Waals surface area contributed by atoms with Crippen LogP contribution >= 0.6 is 0 Å². The highest BCUT2D eigenvalue weighted by Gasteiger charge is 2.30. The molecule has 3 rings (SSSR count). The number of fused-ring (bicyclic) bond motifs is 1. The Labute approximate surface area is 112 Å². The van der Waals surface area contributed by atoms with E-state index in [1.165, 1.54) is 17.4 Å². The number of aryl methyl sites for hydroxylation is 1. The summed E-state index contributed by atoms with van der Waals surface area (Å²) < 4.78 is 4.79. The molecule has 1 aliphatic rings. The second-order valence-corrected chi connectivity index (χ2v) is 4.98. The SMILES string of the molecule is CN(Cc1ccon1)C(=O)C1CCc2ccccc21. The summed E-state index contributed by atoms with van der Waals surface area (Å²) in [7, 11) is 1.82. The summed E-state index contributed by atoms with van der Waals surface area (Å²) in [5.74, 6) is 0.154. The first-order valence-electron chi connectivity index (χ1n) is 6.48. The van der Waals surface area contributed by atoms with Crippen molar-refractivity contribution in [1.29, 1.82) is 0 Å². The largest absolute Gasteiger partial charge is 0.364 e. The Morgan fingerprint density at radius 2 is 2.26 bits per heavy atom. The molecule has 4 nitrogen and oxygen atoms in total. The summed E-state index contributed by atoms with van der Waals surface area (Å²) in [6, 6.07) is 9.99. The number of benzene rings is 1. The minimum absolute atomic E-state index is 0.00639. The molecule has 19 heavy (non-hydrogen) atoms. The van der Waals surface area contributed by atoms with E-state index in [1.54, 1.807) is 11.0 Å². The van der Waals surface area contributed by atoms with Crippen LogP contribution < -0.4 is 0 Å². The fourth-order valence-electron chi connectivity index (χ4n) is 2.72. The third-order valence-corrected chi connectivity index (χ3v) is 3.70. The molecule has 0 saturated carbocycles. The maximum Gasteiger partial charge on any atom is 0.230 e. The van der Waals surface area contributed by atoms with Crippen molar-refractivity contribution in [3.05, 3.63) is 53.4 Å². The number of carbonyl (C=O) groups excluding carboxylic acids is 1. The molecule has 1 atom stereocenters. The van der Waals surface area contributed by atoms with Crippen LogP contribution in [0.25, 0.3) is 0 Å². The van der Waals surface area contributed by atoms with Crippen LogP contribution in [0.3, 0.4) is 0 Å². The first-order valence-corrected chi connectivity index (χ1v) is 6.48. The summed E-state index contributed by atoms with van der Waals surface area (Å²) in [6.45, 7) is 0.494. The van der Waals surface area contributed by atoms with Crippen molar-refractivity contribution in [1.82, 2.24) is 10.1 Å². The van der Waals surface area contributed by atoms with Crippen molar-refractivity contribution in [2.45, 2.75) is 25.3 Å². The molecule has 1 aromatic carbocycles. The standard InChI is InChI=1S/C15H16N2O2/c1-17(10-12-8-9-19-16-12)15(18)14-7-6-11-4-2-3-5-13(11)14/h2-5,8-9,14H,6-7,10H2,1H3. The smallest absolute Gasteiger partial charge is 0.230 e. The summed E-state index contributed by atoms with van der Waals surface area (Å²) in [6.07, 6.45) is 3.42. The van der Waals surface area contributed by atoms with Crippen LogP contribution in [0, 0.1) is 0 Å². The Hall–Kier alpha value is -2.10. The number of likely N-dealkylation sites (N-methyl/N-ethyl adjacent to an activating group) is 1. The van der Waals surface area contributed by atoms with Gasteiger partial charge in [0.05, 0.1) is 12.5 Å². The van der Waals surface area contributed by atoms with Gasteiger partial charge in [0, 0.05) is 13.1 Å². The molecule has 0 saturated heterocycles. The lowest BCUT2D eigenvalue weighted by molar-refractivity contribution is -0.132. The summed E-state index contributed by atoms with van der Waals surface area (Å²) in [5, 5.41) is 3.84. The third-order valence-electron chi connectivity index (χ3n) is 3.70. The number of amides is 1. The van der Waals surface area contributed by atoms with Gasteiger partial charge in [0.2, 0.25) is 5.91 Å². The quantitative estimate of drug-likeness (QED) is 0.847. The zero-order valence-electron chi connectivity index (χ0n) is 10.9. The Morgan fingerprint density at radius 1 is 1.42 bits per heavy atom. The Bertz CT molecular complexity index is 578. The van der Waals surface area contributed by atoms with Gasteiger partial charge in [-0.2, -0.15) is 0 Å². The van der Waals surface area contributed by atoms with E-state index < -0.39 is 0 Å². The summed E-state index contributed by atoms with van der Waals surface area (Å²) in [4.78, 5) is 14.2. The fraction of sp³-hybridized carbons (Fsp3) is 0.333. The normalized spacial score (nSPS) is 17.2. The number of carbonyl (C=O) groups is 1. The summed E-state index contributed by atoms with van der Waals surface area (Å²) >= 11 is 0. The second kappa shape index (κ2) is 4.88. The molecule has 0 radical (unpaired) electrons. The van der Waals surface area contributed by atoms with Crippen molar-refractivity contribution in [2.75, 3.05) is 7.05 Å². The van der Waals surface area contributed by atoms with E-state index in [-0.39, 0.29) is 11.8 Å². The second-order valence-electron chi connectivity index (χ2n) is 4.98. The number of hydrogen-bond acceptors (Lipinski definition) is 3. The van der Waals surface area contributed by atoms with Gasteiger partial charge in [0.1, 0.15) is 12.0 Å². The maximum absolute atomic E-state index is 12.5. The lowest BCUT2D eigenvalue weighted by Crippen LogP contribution is -2.30. The monoisotopic (exact) mass is 256 g/mol. The van der Waals surface area contributed by atoms with Crippen molar-refractivity contribution in [3.63, 3.8) is 0 Å². The number of nitrogens with zero attached hydrogens (tertiary/aromatic N) is 2. The van der Waals surface area contributed by atoms with Crippen LogP contribution in [0.1, 0.15) is 29.2 Å². The number of aromatic nitrogens is 1. The molecule has 1 aromatic heterocycles. The van der Waals surface area contributed by atoms with Crippen molar-refractivity contribution in [3.8, 4) is 0 Å². The van der Waals surface area contributed by atoms with Crippen LogP contribution in [-0.2, 0) is 17.8 Å². The molecule has 1 aliphatic carbocycles. The molecular formula is C15H16N2O2. The van der Waals surface area contributed by atoms with Gasteiger partial charge < -0.3 is 9.42 Å². The van der Waals surface area contributed by atoms with E-state index in [0.29, 0.717) is 6.54 Å². The van der Waals surface area contributed by atoms with Gasteiger partial charge >= 0.3 is 0 Å². The van der Waals surface area contributed by atoms with Crippen LogP contribution in [0.15, 0.2) is 41.1 Å². The van der Waals surface area contributed by atoms with Gasteiger partial charge in [-0.25, -0.2) is 0 Å². The van der Waals surface area contributed by atoms with E-state index in [9.17, 15) is 4.79 Å². The molecule has 0 N–H and O–H groups in total. The van der Waals surface area contributed by atoms with Gasteiger partial charge in [0.25, 0.3) is 0 Å². The molecule has 0 aliphatic heterocycles. The molecule has 2 aromatic rings. The molecule has 0 fully saturated rings. The van der Waals surface area contributed by atoms with E-state index in [4.69, 9.17) is 4.52 Å². The highest BCUT2D eigenvalue weighted by Crippen LogP contribution is 2.34. The molecule has 1 amide bonds. The average molecular weight is 256 g/mol. The van der Waals surface area contributed by atoms with E-state index in [0.717, 1.165) is 18.5 Å². The predicted molar refractivity (Wildman–Crippen MR) is 70.5 cm³/mol. The Kier molecular flexibility index (Phi) is 3.07. The van der Waals surface area contributed by atoms with Gasteiger partial charge in [-0.1, -0.05) is 29.4 Å². The highest BCUT2D eigenvalue weighted by molar-refractivity contribution is 5.84. The predicted octanol–water partition coefficient (Wildman–Crippen LogP) is 2.36. The van der Waals surface area contributed by atoms with Crippen molar-refractivity contribution < 1.29 is 9.32 Å².